The fourth-order valence-corrected chi connectivity index (χ4v) is 2.00. The van der Waals surface area contributed by atoms with Crippen LogP contribution in [0, 0.1) is 17.5 Å². The van der Waals surface area contributed by atoms with Gasteiger partial charge in [-0.1, -0.05) is 23.7 Å². The highest BCUT2D eigenvalue weighted by Crippen LogP contribution is 2.23. The minimum atomic E-state index is -0.725. The van der Waals surface area contributed by atoms with E-state index in [-0.39, 0.29) is 22.6 Å². The second-order valence-electron chi connectivity index (χ2n) is 4.21. The van der Waals surface area contributed by atoms with Crippen molar-refractivity contribution in [3.8, 4) is 0 Å². The lowest BCUT2D eigenvalue weighted by Gasteiger charge is -2.14. The van der Waals surface area contributed by atoms with Crippen molar-refractivity contribution in [3.05, 3.63) is 70.0 Å². The SMILES string of the molecule is NC(Cc1ccc(F)cc1F)c1ccc(Cl)cc1F. The molecule has 0 amide bonds. The Labute approximate surface area is 113 Å². The van der Waals surface area contributed by atoms with Gasteiger partial charge in [-0.05, 0) is 30.2 Å². The third kappa shape index (κ3) is 3.28. The van der Waals surface area contributed by atoms with Crippen molar-refractivity contribution in [2.45, 2.75) is 12.5 Å². The molecule has 0 spiro atoms. The van der Waals surface area contributed by atoms with Gasteiger partial charge in [0.25, 0.3) is 0 Å². The van der Waals surface area contributed by atoms with Gasteiger partial charge < -0.3 is 5.73 Å². The van der Waals surface area contributed by atoms with Crippen LogP contribution in [0.2, 0.25) is 5.02 Å². The minimum absolute atomic E-state index is 0.0741. The highest BCUT2D eigenvalue weighted by atomic mass is 35.5. The lowest BCUT2D eigenvalue weighted by molar-refractivity contribution is 0.550. The lowest BCUT2D eigenvalue weighted by atomic mass is 9.99. The molecule has 2 N–H and O–H groups in total. The van der Waals surface area contributed by atoms with E-state index in [4.69, 9.17) is 17.3 Å². The second-order valence-corrected chi connectivity index (χ2v) is 4.65. The number of hydrogen-bond acceptors (Lipinski definition) is 1. The van der Waals surface area contributed by atoms with Crippen molar-refractivity contribution >= 4 is 11.6 Å². The zero-order valence-corrected chi connectivity index (χ0v) is 10.6. The summed E-state index contributed by atoms with van der Waals surface area (Å²) in [4.78, 5) is 0. The number of halogens is 4. The van der Waals surface area contributed by atoms with Crippen molar-refractivity contribution in [2.75, 3.05) is 0 Å². The summed E-state index contributed by atoms with van der Waals surface area (Å²) >= 11 is 5.64. The predicted octanol–water partition coefficient (Wildman–Crippen LogP) is 4.00. The summed E-state index contributed by atoms with van der Waals surface area (Å²) in [7, 11) is 0. The molecule has 0 aromatic heterocycles. The van der Waals surface area contributed by atoms with Crippen LogP contribution in [0.1, 0.15) is 17.2 Å². The van der Waals surface area contributed by atoms with Crippen LogP contribution >= 0.6 is 11.6 Å². The predicted molar refractivity (Wildman–Crippen MR) is 68.4 cm³/mol. The van der Waals surface area contributed by atoms with Crippen LogP contribution in [0.5, 0.6) is 0 Å². The van der Waals surface area contributed by atoms with Crippen molar-refractivity contribution in [3.63, 3.8) is 0 Å². The van der Waals surface area contributed by atoms with Crippen molar-refractivity contribution in [1.29, 1.82) is 0 Å². The van der Waals surface area contributed by atoms with E-state index in [1.165, 1.54) is 18.2 Å². The summed E-state index contributed by atoms with van der Waals surface area (Å²) in [6.07, 6.45) is 0.0741. The molecule has 0 aliphatic rings. The topological polar surface area (TPSA) is 26.0 Å². The maximum absolute atomic E-state index is 13.7. The Morgan fingerprint density at radius 1 is 1.00 bits per heavy atom. The molecule has 1 nitrogen and oxygen atoms in total. The van der Waals surface area contributed by atoms with Gasteiger partial charge in [0.15, 0.2) is 0 Å². The van der Waals surface area contributed by atoms with Gasteiger partial charge in [-0.25, -0.2) is 13.2 Å². The Hall–Kier alpha value is -1.52. The van der Waals surface area contributed by atoms with Gasteiger partial charge in [-0.2, -0.15) is 0 Å². The van der Waals surface area contributed by atoms with Crippen molar-refractivity contribution in [1.82, 2.24) is 0 Å². The quantitative estimate of drug-likeness (QED) is 0.906. The van der Waals surface area contributed by atoms with E-state index in [2.05, 4.69) is 0 Å². The normalized spacial score (nSPS) is 12.5. The molecule has 0 heterocycles. The molecule has 2 rings (SSSR count). The van der Waals surface area contributed by atoms with Crippen LogP contribution in [0.3, 0.4) is 0 Å². The smallest absolute Gasteiger partial charge is 0.129 e. The number of hydrogen-bond donors (Lipinski definition) is 1. The summed E-state index contributed by atoms with van der Waals surface area (Å²) in [5.74, 6) is -1.89. The second kappa shape index (κ2) is 5.63. The van der Waals surface area contributed by atoms with Gasteiger partial charge in [-0.15, -0.1) is 0 Å². The molecule has 0 fully saturated rings. The van der Waals surface area contributed by atoms with Crippen LogP contribution in [0.4, 0.5) is 13.2 Å². The average molecular weight is 286 g/mol. The van der Waals surface area contributed by atoms with E-state index in [0.29, 0.717) is 0 Å². The van der Waals surface area contributed by atoms with Gasteiger partial charge in [0.1, 0.15) is 17.5 Å². The molecular formula is C14H11ClF3N. The molecule has 5 heteroatoms. The molecule has 1 unspecified atom stereocenters. The fourth-order valence-electron chi connectivity index (χ4n) is 1.84. The van der Waals surface area contributed by atoms with E-state index < -0.39 is 23.5 Å². The van der Waals surface area contributed by atoms with Crippen molar-refractivity contribution < 1.29 is 13.2 Å². The molecule has 0 radical (unpaired) electrons. The molecule has 2 aromatic rings. The molecule has 0 saturated carbocycles. The molecule has 1 atom stereocenters. The Morgan fingerprint density at radius 2 is 1.74 bits per heavy atom. The Kier molecular flexibility index (Phi) is 4.12. The number of rotatable bonds is 3. The number of nitrogens with two attached hydrogens (primary N) is 1. The average Bonchev–Trinajstić information content (AvgIpc) is 2.32. The molecule has 2 aromatic carbocycles. The summed E-state index contributed by atoms with van der Waals surface area (Å²) in [5, 5.41) is 0.265. The van der Waals surface area contributed by atoms with Crippen molar-refractivity contribution in [2.24, 2.45) is 5.73 Å². The summed E-state index contributed by atoms with van der Waals surface area (Å²) in [6.45, 7) is 0. The molecule has 0 aliphatic carbocycles. The van der Waals surface area contributed by atoms with Gasteiger partial charge in [-0.3, -0.25) is 0 Å². The third-order valence-electron chi connectivity index (χ3n) is 2.82. The Bertz CT molecular complexity index is 601. The van der Waals surface area contributed by atoms with E-state index in [0.717, 1.165) is 18.2 Å². The highest BCUT2D eigenvalue weighted by molar-refractivity contribution is 6.30. The first kappa shape index (κ1) is 13.9. The maximum Gasteiger partial charge on any atom is 0.129 e. The van der Waals surface area contributed by atoms with E-state index in [1.54, 1.807) is 0 Å². The maximum atomic E-state index is 13.7. The first-order valence-corrected chi connectivity index (χ1v) is 5.99. The molecule has 0 aliphatic heterocycles. The molecular weight excluding hydrogens is 275 g/mol. The third-order valence-corrected chi connectivity index (χ3v) is 3.05. The number of benzene rings is 2. The van der Waals surface area contributed by atoms with Crippen LogP contribution in [0.25, 0.3) is 0 Å². The molecule has 0 bridgehead atoms. The largest absolute Gasteiger partial charge is 0.324 e. The first-order valence-electron chi connectivity index (χ1n) is 5.62. The molecule has 0 saturated heterocycles. The van der Waals surface area contributed by atoms with Gasteiger partial charge in [0.2, 0.25) is 0 Å². The van der Waals surface area contributed by atoms with Crippen LogP contribution < -0.4 is 5.73 Å². The first-order chi connectivity index (χ1) is 8.97. The van der Waals surface area contributed by atoms with Crippen LogP contribution in [-0.4, -0.2) is 0 Å². The monoisotopic (exact) mass is 285 g/mol. The summed E-state index contributed by atoms with van der Waals surface area (Å²) < 4.78 is 39.9. The van der Waals surface area contributed by atoms with Crippen LogP contribution in [0.15, 0.2) is 36.4 Å². The van der Waals surface area contributed by atoms with E-state index in [9.17, 15) is 13.2 Å². The summed E-state index contributed by atoms with van der Waals surface area (Å²) in [5.41, 5.74) is 6.32. The molecule has 100 valence electrons. The van der Waals surface area contributed by atoms with Gasteiger partial charge in [0, 0.05) is 22.7 Å². The highest BCUT2D eigenvalue weighted by Gasteiger charge is 2.15. The van der Waals surface area contributed by atoms with Gasteiger partial charge >= 0.3 is 0 Å². The van der Waals surface area contributed by atoms with Crippen LogP contribution in [-0.2, 0) is 6.42 Å². The molecule has 19 heavy (non-hydrogen) atoms. The van der Waals surface area contributed by atoms with Gasteiger partial charge in [0.05, 0.1) is 0 Å². The Morgan fingerprint density at radius 3 is 2.37 bits per heavy atom. The summed E-state index contributed by atoms with van der Waals surface area (Å²) in [6, 6.07) is 6.63. The van der Waals surface area contributed by atoms with E-state index >= 15 is 0 Å². The lowest BCUT2D eigenvalue weighted by Crippen LogP contribution is -2.15. The zero-order chi connectivity index (χ0) is 14.0. The zero-order valence-electron chi connectivity index (χ0n) is 9.84. The van der Waals surface area contributed by atoms with E-state index in [1.807, 2.05) is 0 Å². The standard InChI is InChI=1S/C14H11ClF3N/c15-9-2-4-11(13(18)6-9)14(19)5-8-1-3-10(16)7-12(8)17/h1-4,6-7,14H,5,19H2. The Balaban J connectivity index is 2.23. The minimum Gasteiger partial charge on any atom is -0.324 e. The fraction of sp³-hybridized carbons (Fsp3) is 0.143.